The van der Waals surface area contributed by atoms with E-state index in [4.69, 9.17) is 9.47 Å². The molecule has 1 aliphatic rings. The van der Waals surface area contributed by atoms with Gasteiger partial charge in [-0.1, -0.05) is 40.2 Å². The molecular formula is C27H20BrN3O5. The Morgan fingerprint density at radius 2 is 1.75 bits per heavy atom. The van der Waals surface area contributed by atoms with Crippen molar-refractivity contribution in [2.45, 2.75) is 13.5 Å². The van der Waals surface area contributed by atoms with Gasteiger partial charge in [0.05, 0.1) is 23.9 Å². The SMILES string of the molecule is CCOc1cc(/C=C2\C(=O)NC(=O)N(c3ccc(Br)cc3)C2=O)ccc1OCc1ccccc1C#N. The number of hydrogen-bond donors (Lipinski definition) is 1. The molecule has 9 heteroatoms. The Morgan fingerprint density at radius 3 is 2.47 bits per heavy atom. The molecule has 0 radical (unpaired) electrons. The van der Waals surface area contributed by atoms with Crippen molar-refractivity contribution in [2.75, 3.05) is 11.5 Å². The van der Waals surface area contributed by atoms with Crippen LogP contribution in [0.4, 0.5) is 10.5 Å². The molecule has 1 heterocycles. The van der Waals surface area contributed by atoms with Crippen LogP contribution >= 0.6 is 15.9 Å². The van der Waals surface area contributed by atoms with Crippen LogP contribution < -0.4 is 19.7 Å². The molecule has 180 valence electrons. The van der Waals surface area contributed by atoms with E-state index in [-0.39, 0.29) is 12.2 Å². The maximum Gasteiger partial charge on any atom is 0.335 e. The zero-order valence-corrected chi connectivity index (χ0v) is 20.7. The van der Waals surface area contributed by atoms with E-state index in [9.17, 15) is 19.6 Å². The number of rotatable bonds is 7. The molecule has 3 aromatic carbocycles. The summed E-state index contributed by atoms with van der Waals surface area (Å²) in [6.07, 6.45) is 1.40. The molecule has 4 rings (SSSR count). The van der Waals surface area contributed by atoms with Crippen LogP contribution in [-0.4, -0.2) is 24.5 Å². The highest BCUT2D eigenvalue weighted by Gasteiger charge is 2.36. The maximum atomic E-state index is 13.1. The Morgan fingerprint density at radius 1 is 1.00 bits per heavy atom. The van der Waals surface area contributed by atoms with Gasteiger partial charge in [-0.15, -0.1) is 0 Å². The number of carbonyl (C=O) groups is 3. The van der Waals surface area contributed by atoms with E-state index in [1.165, 1.54) is 6.08 Å². The highest BCUT2D eigenvalue weighted by molar-refractivity contribution is 9.10. The lowest BCUT2D eigenvalue weighted by atomic mass is 10.1. The molecule has 0 atom stereocenters. The summed E-state index contributed by atoms with van der Waals surface area (Å²) in [7, 11) is 0. The predicted molar refractivity (Wildman–Crippen MR) is 136 cm³/mol. The Balaban J connectivity index is 1.62. The number of carbonyl (C=O) groups excluding carboxylic acids is 3. The van der Waals surface area contributed by atoms with Crippen LogP contribution in [0, 0.1) is 11.3 Å². The molecule has 3 aromatic rings. The van der Waals surface area contributed by atoms with Crippen molar-refractivity contribution in [3.63, 3.8) is 0 Å². The highest BCUT2D eigenvalue weighted by Crippen LogP contribution is 2.31. The van der Waals surface area contributed by atoms with Crippen molar-refractivity contribution < 1.29 is 23.9 Å². The van der Waals surface area contributed by atoms with Crippen molar-refractivity contribution in [3.05, 3.63) is 93.5 Å². The molecule has 0 spiro atoms. The summed E-state index contributed by atoms with van der Waals surface area (Å²) in [4.78, 5) is 38.9. The van der Waals surface area contributed by atoms with E-state index in [0.717, 1.165) is 14.9 Å². The number of imide groups is 2. The van der Waals surface area contributed by atoms with E-state index < -0.39 is 17.8 Å². The molecule has 0 aromatic heterocycles. The van der Waals surface area contributed by atoms with Crippen LogP contribution in [0.2, 0.25) is 0 Å². The van der Waals surface area contributed by atoms with Crippen molar-refractivity contribution in [1.29, 1.82) is 5.26 Å². The summed E-state index contributed by atoms with van der Waals surface area (Å²) >= 11 is 3.32. The third-order valence-electron chi connectivity index (χ3n) is 5.29. The fraction of sp³-hybridized carbons (Fsp3) is 0.111. The summed E-state index contributed by atoms with van der Waals surface area (Å²) in [6.45, 7) is 2.34. The van der Waals surface area contributed by atoms with Gasteiger partial charge in [0.25, 0.3) is 11.8 Å². The van der Waals surface area contributed by atoms with Crippen molar-refractivity contribution in [3.8, 4) is 17.6 Å². The van der Waals surface area contributed by atoms with Gasteiger partial charge in [0.1, 0.15) is 12.2 Å². The second-order valence-electron chi connectivity index (χ2n) is 7.63. The average Bonchev–Trinajstić information content (AvgIpc) is 2.87. The number of amides is 4. The van der Waals surface area contributed by atoms with Crippen LogP contribution in [0.3, 0.4) is 0 Å². The van der Waals surface area contributed by atoms with Gasteiger partial charge in [0, 0.05) is 10.0 Å². The summed E-state index contributed by atoms with van der Waals surface area (Å²) in [5.41, 5.74) is 1.89. The first-order valence-electron chi connectivity index (χ1n) is 11.0. The number of anilines is 1. The lowest BCUT2D eigenvalue weighted by molar-refractivity contribution is -0.122. The molecule has 8 nitrogen and oxygen atoms in total. The first kappa shape index (κ1) is 24.7. The van der Waals surface area contributed by atoms with E-state index in [2.05, 4.69) is 27.3 Å². The first-order valence-corrected chi connectivity index (χ1v) is 11.7. The molecular weight excluding hydrogens is 526 g/mol. The van der Waals surface area contributed by atoms with Crippen molar-refractivity contribution >= 4 is 45.5 Å². The number of nitrogens with one attached hydrogen (secondary N) is 1. The predicted octanol–water partition coefficient (Wildman–Crippen LogP) is 4.96. The number of nitriles is 1. The second-order valence-corrected chi connectivity index (χ2v) is 8.55. The van der Waals surface area contributed by atoms with Gasteiger partial charge in [0.15, 0.2) is 11.5 Å². The zero-order valence-electron chi connectivity index (χ0n) is 19.2. The molecule has 1 fully saturated rings. The van der Waals surface area contributed by atoms with E-state index in [1.54, 1.807) is 54.6 Å². The third kappa shape index (κ3) is 5.29. The standard InChI is InChI=1S/C27H20BrN3O5/c1-2-35-24-14-17(7-12-23(24)36-16-19-6-4-3-5-18(19)15-29)13-22-25(32)30-27(34)31(26(22)33)21-10-8-20(28)9-11-21/h3-14H,2,16H2,1H3,(H,30,32,34)/b22-13+. The molecule has 0 unspecified atom stereocenters. The number of ether oxygens (including phenoxy) is 2. The molecule has 1 N–H and O–H groups in total. The second kappa shape index (κ2) is 10.9. The van der Waals surface area contributed by atoms with Gasteiger partial charge in [-0.25, -0.2) is 9.69 Å². The Kier molecular flexibility index (Phi) is 7.47. The summed E-state index contributed by atoms with van der Waals surface area (Å²) in [5, 5.41) is 11.5. The largest absolute Gasteiger partial charge is 0.490 e. The molecule has 36 heavy (non-hydrogen) atoms. The van der Waals surface area contributed by atoms with Gasteiger partial charge in [-0.05, 0) is 61.0 Å². The van der Waals surface area contributed by atoms with Gasteiger partial charge in [-0.2, -0.15) is 5.26 Å². The Bertz CT molecular complexity index is 1410. The summed E-state index contributed by atoms with van der Waals surface area (Å²) < 4.78 is 12.4. The van der Waals surface area contributed by atoms with Crippen LogP contribution in [0.25, 0.3) is 6.08 Å². The van der Waals surface area contributed by atoms with Gasteiger partial charge < -0.3 is 9.47 Å². The Hall–Kier alpha value is -4.42. The van der Waals surface area contributed by atoms with Crippen LogP contribution in [-0.2, 0) is 16.2 Å². The lowest BCUT2D eigenvalue weighted by Crippen LogP contribution is -2.54. The highest BCUT2D eigenvalue weighted by atomic mass is 79.9. The van der Waals surface area contributed by atoms with Crippen LogP contribution in [0.15, 0.2) is 76.8 Å². The summed E-state index contributed by atoms with van der Waals surface area (Å²) in [6, 6.07) is 20.0. The van der Waals surface area contributed by atoms with E-state index in [1.807, 2.05) is 19.1 Å². The molecule has 0 bridgehead atoms. The molecule has 4 amide bonds. The zero-order chi connectivity index (χ0) is 25.7. The van der Waals surface area contributed by atoms with Crippen molar-refractivity contribution in [2.24, 2.45) is 0 Å². The maximum absolute atomic E-state index is 13.1. The summed E-state index contributed by atoms with van der Waals surface area (Å²) in [5.74, 6) is -0.675. The van der Waals surface area contributed by atoms with Crippen LogP contribution in [0.5, 0.6) is 11.5 Å². The monoisotopic (exact) mass is 545 g/mol. The van der Waals surface area contributed by atoms with Gasteiger partial charge in [-0.3, -0.25) is 14.9 Å². The quantitative estimate of drug-likeness (QED) is 0.331. The molecule has 0 aliphatic carbocycles. The normalized spacial score (nSPS) is 14.4. The minimum absolute atomic E-state index is 0.162. The lowest BCUT2D eigenvalue weighted by Gasteiger charge is -2.26. The third-order valence-corrected chi connectivity index (χ3v) is 5.81. The number of benzene rings is 3. The molecule has 1 saturated heterocycles. The number of halogens is 1. The van der Waals surface area contributed by atoms with Gasteiger partial charge >= 0.3 is 6.03 Å². The van der Waals surface area contributed by atoms with E-state index >= 15 is 0 Å². The number of barbiturate groups is 1. The smallest absolute Gasteiger partial charge is 0.335 e. The number of nitrogens with zero attached hydrogens (tertiary/aromatic N) is 2. The first-order chi connectivity index (χ1) is 17.4. The average molecular weight is 546 g/mol. The molecule has 1 aliphatic heterocycles. The molecule has 0 saturated carbocycles. The number of hydrogen-bond acceptors (Lipinski definition) is 6. The topological polar surface area (TPSA) is 109 Å². The minimum atomic E-state index is -0.819. The fourth-order valence-electron chi connectivity index (χ4n) is 3.56. The number of urea groups is 1. The van der Waals surface area contributed by atoms with Crippen molar-refractivity contribution in [1.82, 2.24) is 5.32 Å². The fourth-order valence-corrected chi connectivity index (χ4v) is 3.83. The van der Waals surface area contributed by atoms with E-state index in [0.29, 0.717) is 34.9 Å². The van der Waals surface area contributed by atoms with Crippen LogP contribution in [0.1, 0.15) is 23.6 Å². The van der Waals surface area contributed by atoms with Gasteiger partial charge in [0.2, 0.25) is 0 Å². The minimum Gasteiger partial charge on any atom is -0.490 e. The Labute approximate surface area is 215 Å².